The molecule has 1 aromatic carbocycles. The molecule has 0 aromatic heterocycles. The van der Waals surface area contributed by atoms with Crippen molar-refractivity contribution in [2.45, 2.75) is 38.3 Å². The first-order valence-corrected chi connectivity index (χ1v) is 7.83. The molecule has 4 unspecified atom stereocenters. The van der Waals surface area contributed by atoms with Gasteiger partial charge in [0.25, 0.3) is 0 Å². The van der Waals surface area contributed by atoms with Gasteiger partial charge < -0.3 is 10.6 Å². The van der Waals surface area contributed by atoms with Crippen LogP contribution in [0, 0.1) is 11.8 Å². The zero-order chi connectivity index (χ0) is 14.1. The average molecular weight is 293 g/mol. The van der Waals surface area contributed by atoms with Crippen LogP contribution in [-0.2, 0) is 4.79 Å². The molecule has 1 saturated carbocycles. The molecule has 1 aliphatic carbocycles. The van der Waals surface area contributed by atoms with Gasteiger partial charge in [-0.05, 0) is 49.8 Å². The van der Waals surface area contributed by atoms with Gasteiger partial charge in [-0.2, -0.15) is 0 Å². The summed E-state index contributed by atoms with van der Waals surface area (Å²) in [4.78, 5) is 12.5. The van der Waals surface area contributed by atoms with Crippen LogP contribution in [0.3, 0.4) is 0 Å². The molecule has 2 fully saturated rings. The summed E-state index contributed by atoms with van der Waals surface area (Å²) in [5.74, 6) is 1.33. The summed E-state index contributed by atoms with van der Waals surface area (Å²) in [5.41, 5.74) is 0.975. The summed E-state index contributed by atoms with van der Waals surface area (Å²) >= 11 is 6.18. The summed E-state index contributed by atoms with van der Waals surface area (Å²) in [6.45, 7) is 2.98. The summed E-state index contributed by atoms with van der Waals surface area (Å²) in [6.07, 6.45) is 3.71. The Labute approximate surface area is 125 Å². The minimum absolute atomic E-state index is 0.0209. The summed E-state index contributed by atoms with van der Waals surface area (Å²) < 4.78 is 0. The monoisotopic (exact) mass is 292 g/mol. The number of amides is 1. The second kappa shape index (κ2) is 5.74. The van der Waals surface area contributed by atoms with Crippen molar-refractivity contribution in [2.24, 2.45) is 11.8 Å². The molecule has 1 aliphatic heterocycles. The van der Waals surface area contributed by atoms with Crippen LogP contribution in [0.2, 0.25) is 5.02 Å². The van der Waals surface area contributed by atoms with Crippen molar-refractivity contribution in [3.05, 3.63) is 34.9 Å². The second-order valence-electron chi connectivity index (χ2n) is 5.99. The van der Waals surface area contributed by atoms with Gasteiger partial charge in [-0.1, -0.05) is 36.2 Å². The Morgan fingerprint density at radius 3 is 3.00 bits per heavy atom. The van der Waals surface area contributed by atoms with E-state index in [1.165, 1.54) is 19.3 Å². The molecule has 4 heteroatoms. The van der Waals surface area contributed by atoms with Crippen LogP contribution in [0.1, 0.15) is 37.8 Å². The highest BCUT2D eigenvalue weighted by Crippen LogP contribution is 2.37. The number of hydrogen-bond acceptors (Lipinski definition) is 2. The maximum atomic E-state index is 12.5. The lowest BCUT2D eigenvalue weighted by Crippen LogP contribution is -2.44. The third kappa shape index (κ3) is 2.57. The first-order chi connectivity index (χ1) is 9.66. The molecule has 3 rings (SSSR count). The number of fused-ring (bicyclic) bond motifs is 1. The van der Waals surface area contributed by atoms with Crippen molar-refractivity contribution < 1.29 is 4.79 Å². The predicted octanol–water partition coefficient (Wildman–Crippen LogP) is 2.91. The van der Waals surface area contributed by atoms with E-state index in [0.29, 0.717) is 16.9 Å². The summed E-state index contributed by atoms with van der Waals surface area (Å²) in [7, 11) is 0. The molecule has 20 heavy (non-hydrogen) atoms. The van der Waals surface area contributed by atoms with Crippen molar-refractivity contribution in [3.8, 4) is 0 Å². The SMILES string of the molecule is CC(NC(=O)C1NCC2CCCC21)c1ccccc1Cl. The van der Waals surface area contributed by atoms with Gasteiger partial charge in [-0.25, -0.2) is 0 Å². The number of nitrogens with one attached hydrogen (secondary N) is 2. The van der Waals surface area contributed by atoms with E-state index in [2.05, 4.69) is 10.6 Å². The van der Waals surface area contributed by atoms with Gasteiger partial charge in [0.05, 0.1) is 12.1 Å². The lowest BCUT2D eigenvalue weighted by molar-refractivity contribution is -0.124. The number of rotatable bonds is 3. The molecular weight excluding hydrogens is 272 g/mol. The molecule has 1 heterocycles. The fourth-order valence-electron chi connectivity index (χ4n) is 3.68. The van der Waals surface area contributed by atoms with Crippen LogP contribution in [0.4, 0.5) is 0 Å². The molecule has 0 bridgehead atoms. The average Bonchev–Trinajstić information content (AvgIpc) is 3.00. The number of hydrogen-bond donors (Lipinski definition) is 2. The quantitative estimate of drug-likeness (QED) is 0.899. The fraction of sp³-hybridized carbons (Fsp3) is 0.562. The lowest BCUT2D eigenvalue weighted by atomic mass is 9.93. The first kappa shape index (κ1) is 13.9. The summed E-state index contributed by atoms with van der Waals surface area (Å²) in [5, 5.41) is 7.20. The van der Waals surface area contributed by atoms with Gasteiger partial charge in [-0.15, -0.1) is 0 Å². The van der Waals surface area contributed by atoms with E-state index >= 15 is 0 Å². The first-order valence-electron chi connectivity index (χ1n) is 7.45. The zero-order valence-electron chi connectivity index (χ0n) is 11.7. The largest absolute Gasteiger partial charge is 0.348 e. The number of benzene rings is 1. The van der Waals surface area contributed by atoms with Gasteiger partial charge in [0, 0.05) is 5.02 Å². The molecule has 2 aliphatic rings. The number of halogens is 1. The van der Waals surface area contributed by atoms with Crippen LogP contribution < -0.4 is 10.6 Å². The maximum Gasteiger partial charge on any atom is 0.237 e. The van der Waals surface area contributed by atoms with E-state index in [0.717, 1.165) is 12.1 Å². The third-order valence-corrected chi connectivity index (χ3v) is 5.10. The smallest absolute Gasteiger partial charge is 0.237 e. The molecule has 0 radical (unpaired) electrons. The number of carbonyl (C=O) groups is 1. The van der Waals surface area contributed by atoms with E-state index < -0.39 is 0 Å². The highest BCUT2D eigenvalue weighted by molar-refractivity contribution is 6.31. The van der Waals surface area contributed by atoms with Gasteiger partial charge in [0.2, 0.25) is 5.91 Å². The fourth-order valence-corrected chi connectivity index (χ4v) is 3.98. The van der Waals surface area contributed by atoms with Crippen LogP contribution >= 0.6 is 11.6 Å². The Balaban J connectivity index is 1.66. The molecular formula is C16H21ClN2O. The molecule has 2 N–H and O–H groups in total. The predicted molar refractivity (Wildman–Crippen MR) is 80.6 cm³/mol. The van der Waals surface area contributed by atoms with E-state index in [-0.39, 0.29) is 18.0 Å². The molecule has 1 saturated heterocycles. The molecule has 3 nitrogen and oxygen atoms in total. The minimum Gasteiger partial charge on any atom is -0.348 e. The van der Waals surface area contributed by atoms with Gasteiger partial charge in [-0.3, -0.25) is 4.79 Å². The van der Waals surface area contributed by atoms with Crippen molar-refractivity contribution >= 4 is 17.5 Å². The van der Waals surface area contributed by atoms with E-state index in [1.54, 1.807) is 0 Å². The molecule has 0 spiro atoms. The Kier molecular flexibility index (Phi) is 3.99. The zero-order valence-corrected chi connectivity index (χ0v) is 12.5. The maximum absolute atomic E-state index is 12.5. The van der Waals surface area contributed by atoms with Crippen LogP contribution in [0.5, 0.6) is 0 Å². The minimum atomic E-state index is -0.0570. The van der Waals surface area contributed by atoms with Crippen LogP contribution in [0.25, 0.3) is 0 Å². The Hall–Kier alpha value is -1.06. The molecule has 1 amide bonds. The highest BCUT2D eigenvalue weighted by atomic mass is 35.5. The lowest BCUT2D eigenvalue weighted by Gasteiger charge is -2.22. The summed E-state index contributed by atoms with van der Waals surface area (Å²) in [6, 6.07) is 7.60. The topological polar surface area (TPSA) is 41.1 Å². The van der Waals surface area contributed by atoms with Crippen LogP contribution in [0.15, 0.2) is 24.3 Å². The second-order valence-corrected chi connectivity index (χ2v) is 6.40. The van der Waals surface area contributed by atoms with Crippen molar-refractivity contribution in [1.29, 1.82) is 0 Å². The van der Waals surface area contributed by atoms with Crippen LogP contribution in [-0.4, -0.2) is 18.5 Å². The number of carbonyl (C=O) groups excluding carboxylic acids is 1. The highest BCUT2D eigenvalue weighted by Gasteiger charge is 2.42. The third-order valence-electron chi connectivity index (χ3n) is 4.76. The Morgan fingerprint density at radius 2 is 2.20 bits per heavy atom. The Bertz CT molecular complexity index is 505. The van der Waals surface area contributed by atoms with Gasteiger partial charge in [0.15, 0.2) is 0 Å². The van der Waals surface area contributed by atoms with Crippen molar-refractivity contribution in [2.75, 3.05) is 6.54 Å². The van der Waals surface area contributed by atoms with Gasteiger partial charge >= 0.3 is 0 Å². The molecule has 108 valence electrons. The standard InChI is InChI=1S/C16H21ClN2O/c1-10(12-6-2-3-8-14(12)17)19-16(20)15-13-7-4-5-11(13)9-18-15/h2-3,6,8,10-11,13,15,18H,4-5,7,9H2,1H3,(H,19,20). The normalized spacial score (nSPS) is 30.0. The Morgan fingerprint density at radius 1 is 1.40 bits per heavy atom. The van der Waals surface area contributed by atoms with E-state index in [9.17, 15) is 4.79 Å². The van der Waals surface area contributed by atoms with E-state index in [4.69, 9.17) is 11.6 Å². The van der Waals surface area contributed by atoms with Crippen molar-refractivity contribution in [1.82, 2.24) is 10.6 Å². The van der Waals surface area contributed by atoms with E-state index in [1.807, 2.05) is 31.2 Å². The molecule has 4 atom stereocenters. The van der Waals surface area contributed by atoms with Gasteiger partial charge in [0.1, 0.15) is 0 Å². The van der Waals surface area contributed by atoms with Crippen molar-refractivity contribution in [3.63, 3.8) is 0 Å². The molecule has 1 aromatic rings.